The molecule has 1 heteroatoms. The molecule has 0 aromatic heterocycles. The standard InChI is InChI=1S/C8H17O/c1-4-9-7-5-6-8(2)3/h6,8H,4-5,7H2,1-3H3. The average molecular weight is 129 g/mol. The van der Waals surface area contributed by atoms with Gasteiger partial charge in [-0.15, -0.1) is 0 Å². The van der Waals surface area contributed by atoms with Crippen molar-refractivity contribution in [2.45, 2.75) is 27.2 Å². The minimum absolute atomic E-state index is 0.699. The quantitative estimate of drug-likeness (QED) is 0.517. The van der Waals surface area contributed by atoms with Crippen LogP contribution in [0.4, 0.5) is 0 Å². The van der Waals surface area contributed by atoms with Crippen molar-refractivity contribution < 1.29 is 4.74 Å². The second-order valence-electron chi connectivity index (χ2n) is 2.47. The number of hydrogen-bond donors (Lipinski definition) is 0. The zero-order chi connectivity index (χ0) is 7.11. The summed E-state index contributed by atoms with van der Waals surface area (Å²) in [6.07, 6.45) is 3.36. The molecule has 0 bridgehead atoms. The van der Waals surface area contributed by atoms with Crippen LogP contribution in [0.15, 0.2) is 0 Å². The summed E-state index contributed by atoms with van der Waals surface area (Å²) in [6, 6.07) is 0. The maximum atomic E-state index is 5.15. The molecule has 0 saturated carbocycles. The first-order chi connectivity index (χ1) is 4.27. The van der Waals surface area contributed by atoms with Gasteiger partial charge >= 0.3 is 0 Å². The van der Waals surface area contributed by atoms with Gasteiger partial charge in [0, 0.05) is 13.2 Å². The van der Waals surface area contributed by atoms with E-state index in [0.29, 0.717) is 5.92 Å². The van der Waals surface area contributed by atoms with Crippen LogP contribution >= 0.6 is 0 Å². The van der Waals surface area contributed by atoms with E-state index in [9.17, 15) is 0 Å². The van der Waals surface area contributed by atoms with Gasteiger partial charge in [-0.2, -0.15) is 0 Å². The van der Waals surface area contributed by atoms with Crippen molar-refractivity contribution in [3.63, 3.8) is 0 Å². The van der Waals surface area contributed by atoms with E-state index in [-0.39, 0.29) is 0 Å². The van der Waals surface area contributed by atoms with Crippen LogP contribution in [0.2, 0.25) is 0 Å². The van der Waals surface area contributed by atoms with E-state index in [1.54, 1.807) is 0 Å². The van der Waals surface area contributed by atoms with Crippen LogP contribution in [0.25, 0.3) is 0 Å². The zero-order valence-corrected chi connectivity index (χ0v) is 6.68. The fraction of sp³-hybridized carbons (Fsp3) is 0.875. The Balaban J connectivity index is 2.75. The predicted octanol–water partition coefficient (Wildman–Crippen LogP) is 2.27. The van der Waals surface area contributed by atoms with Gasteiger partial charge in [-0.1, -0.05) is 13.8 Å². The Morgan fingerprint density at radius 2 is 2.11 bits per heavy atom. The van der Waals surface area contributed by atoms with Crippen LogP contribution in [0.1, 0.15) is 27.2 Å². The SMILES string of the molecule is CCOCC[CH]C(C)C. The maximum absolute atomic E-state index is 5.15. The Labute approximate surface area is 58.4 Å². The third-order valence-corrected chi connectivity index (χ3v) is 1.10. The molecule has 0 atom stereocenters. The highest BCUT2D eigenvalue weighted by atomic mass is 16.5. The lowest BCUT2D eigenvalue weighted by molar-refractivity contribution is 0.148. The van der Waals surface area contributed by atoms with Gasteiger partial charge in [0.25, 0.3) is 0 Å². The van der Waals surface area contributed by atoms with Gasteiger partial charge in [-0.25, -0.2) is 0 Å². The van der Waals surface area contributed by atoms with Gasteiger partial charge in [0.05, 0.1) is 0 Å². The molecule has 0 rings (SSSR count). The molecule has 0 amide bonds. The zero-order valence-electron chi connectivity index (χ0n) is 6.68. The van der Waals surface area contributed by atoms with E-state index < -0.39 is 0 Å². The fourth-order valence-corrected chi connectivity index (χ4v) is 0.629. The molecule has 9 heavy (non-hydrogen) atoms. The lowest BCUT2D eigenvalue weighted by atomic mass is 10.1. The summed E-state index contributed by atoms with van der Waals surface area (Å²) in [4.78, 5) is 0. The van der Waals surface area contributed by atoms with E-state index >= 15 is 0 Å². The molecule has 0 heterocycles. The minimum Gasteiger partial charge on any atom is -0.382 e. The normalized spacial score (nSPS) is 10.7. The van der Waals surface area contributed by atoms with Crippen LogP contribution in [-0.2, 0) is 4.74 Å². The van der Waals surface area contributed by atoms with Gasteiger partial charge in [0.2, 0.25) is 0 Å². The van der Waals surface area contributed by atoms with Crippen LogP contribution in [0.3, 0.4) is 0 Å². The summed E-state index contributed by atoms with van der Waals surface area (Å²) < 4.78 is 5.15. The monoisotopic (exact) mass is 129 g/mol. The summed E-state index contributed by atoms with van der Waals surface area (Å²) in [7, 11) is 0. The fourth-order valence-electron chi connectivity index (χ4n) is 0.629. The molecule has 0 fully saturated rings. The van der Waals surface area contributed by atoms with Gasteiger partial charge in [-0.3, -0.25) is 0 Å². The third-order valence-electron chi connectivity index (χ3n) is 1.10. The number of rotatable bonds is 5. The molecule has 0 N–H and O–H groups in total. The summed E-state index contributed by atoms with van der Waals surface area (Å²) in [5.41, 5.74) is 0. The molecule has 0 spiro atoms. The van der Waals surface area contributed by atoms with Crippen molar-refractivity contribution in [3.05, 3.63) is 6.42 Å². The molecular formula is C8H17O. The first-order valence-corrected chi connectivity index (χ1v) is 3.68. The first kappa shape index (κ1) is 8.96. The Bertz CT molecular complexity index is 50.5. The molecule has 0 unspecified atom stereocenters. The Kier molecular flexibility index (Phi) is 6.06. The Morgan fingerprint density at radius 3 is 2.56 bits per heavy atom. The molecule has 55 valence electrons. The molecular weight excluding hydrogens is 112 g/mol. The molecule has 0 aromatic carbocycles. The van der Waals surface area contributed by atoms with Crippen molar-refractivity contribution in [1.82, 2.24) is 0 Å². The number of hydrogen-bond acceptors (Lipinski definition) is 1. The summed E-state index contributed by atoms with van der Waals surface area (Å²) in [6.45, 7) is 8.12. The smallest absolute Gasteiger partial charge is 0.0468 e. The van der Waals surface area contributed by atoms with Crippen LogP contribution < -0.4 is 0 Å². The lowest BCUT2D eigenvalue weighted by Gasteiger charge is -2.02. The van der Waals surface area contributed by atoms with E-state index in [0.717, 1.165) is 19.6 Å². The maximum Gasteiger partial charge on any atom is 0.0468 e. The van der Waals surface area contributed by atoms with Crippen molar-refractivity contribution in [3.8, 4) is 0 Å². The summed E-state index contributed by atoms with van der Waals surface area (Å²) in [5.74, 6) is 0.699. The van der Waals surface area contributed by atoms with E-state index in [4.69, 9.17) is 4.74 Å². The van der Waals surface area contributed by atoms with Crippen molar-refractivity contribution in [2.75, 3.05) is 13.2 Å². The van der Waals surface area contributed by atoms with E-state index in [1.165, 1.54) is 0 Å². The topological polar surface area (TPSA) is 9.23 Å². The second-order valence-corrected chi connectivity index (χ2v) is 2.47. The predicted molar refractivity (Wildman–Crippen MR) is 40.2 cm³/mol. The summed E-state index contributed by atoms with van der Waals surface area (Å²) >= 11 is 0. The highest BCUT2D eigenvalue weighted by Gasteiger charge is 1.92. The van der Waals surface area contributed by atoms with Gasteiger partial charge in [0.1, 0.15) is 0 Å². The second kappa shape index (κ2) is 6.09. The largest absolute Gasteiger partial charge is 0.382 e. The third kappa shape index (κ3) is 7.96. The van der Waals surface area contributed by atoms with Crippen LogP contribution in [0, 0.1) is 12.3 Å². The van der Waals surface area contributed by atoms with Gasteiger partial charge in [-0.05, 0) is 25.7 Å². The van der Waals surface area contributed by atoms with Gasteiger partial charge < -0.3 is 4.74 Å². The molecule has 0 aromatic rings. The summed E-state index contributed by atoms with van der Waals surface area (Å²) in [5, 5.41) is 0. The van der Waals surface area contributed by atoms with E-state index in [1.807, 2.05) is 6.92 Å². The molecule has 1 nitrogen and oxygen atoms in total. The van der Waals surface area contributed by atoms with Crippen molar-refractivity contribution >= 4 is 0 Å². The van der Waals surface area contributed by atoms with Crippen LogP contribution in [0.5, 0.6) is 0 Å². The molecule has 0 aliphatic carbocycles. The molecule has 0 aliphatic rings. The van der Waals surface area contributed by atoms with Crippen molar-refractivity contribution in [1.29, 1.82) is 0 Å². The van der Waals surface area contributed by atoms with Crippen LogP contribution in [-0.4, -0.2) is 13.2 Å². The highest BCUT2D eigenvalue weighted by molar-refractivity contribution is 4.67. The number of ether oxygens (including phenoxy) is 1. The van der Waals surface area contributed by atoms with Gasteiger partial charge in [0.15, 0.2) is 0 Å². The van der Waals surface area contributed by atoms with Crippen molar-refractivity contribution in [2.24, 2.45) is 5.92 Å². The minimum atomic E-state index is 0.699. The Hall–Kier alpha value is -0.0400. The molecule has 0 saturated heterocycles. The lowest BCUT2D eigenvalue weighted by Crippen LogP contribution is -1.96. The van der Waals surface area contributed by atoms with E-state index in [2.05, 4.69) is 20.3 Å². The Morgan fingerprint density at radius 1 is 1.44 bits per heavy atom. The molecule has 0 aliphatic heterocycles. The average Bonchev–Trinajstić information content (AvgIpc) is 1.80. The molecule has 1 radical (unpaired) electrons. The first-order valence-electron chi connectivity index (χ1n) is 3.68. The highest BCUT2D eigenvalue weighted by Crippen LogP contribution is 2.00.